The van der Waals surface area contributed by atoms with Gasteiger partial charge in [0.25, 0.3) is 10.1 Å². The quantitative estimate of drug-likeness (QED) is 0.0466. The van der Waals surface area contributed by atoms with Gasteiger partial charge in [-0.05, 0) is 12.8 Å². The molecule has 7 nitrogen and oxygen atoms in total. The first-order valence-electron chi connectivity index (χ1n) is 17.3. The van der Waals surface area contributed by atoms with E-state index in [1.54, 1.807) is 0 Å². The summed E-state index contributed by atoms with van der Waals surface area (Å²) in [6.07, 6.45) is 27.1. The van der Waals surface area contributed by atoms with Crippen molar-refractivity contribution in [1.29, 1.82) is 0 Å². The van der Waals surface area contributed by atoms with Crippen LogP contribution in [0.1, 0.15) is 181 Å². The number of hydrogen-bond acceptors (Lipinski definition) is 5. The second-order valence-corrected chi connectivity index (χ2v) is 13.8. The molecule has 0 spiro atoms. The highest BCUT2D eigenvalue weighted by Gasteiger charge is 2.28. The van der Waals surface area contributed by atoms with Gasteiger partial charge in [0.15, 0.2) is 0 Å². The Morgan fingerprint density at radius 3 is 1.22 bits per heavy atom. The zero-order chi connectivity index (χ0) is 30.6. The molecule has 4 N–H and O–H groups in total. The normalized spacial score (nSPS) is 14.2. The van der Waals surface area contributed by atoms with Gasteiger partial charge in [0.05, 0.1) is 17.9 Å². The molecule has 0 saturated heterocycles. The molecule has 0 aliphatic rings. The second-order valence-electron chi connectivity index (χ2n) is 12.3. The minimum atomic E-state index is -4.39. The molecule has 41 heavy (non-hydrogen) atoms. The Morgan fingerprint density at radius 1 is 0.561 bits per heavy atom. The highest BCUT2D eigenvalue weighted by atomic mass is 32.2. The summed E-state index contributed by atoms with van der Waals surface area (Å²) < 4.78 is 32.3. The Morgan fingerprint density at radius 2 is 0.878 bits per heavy atom. The molecule has 1 amide bonds. The molecule has 0 aliphatic heterocycles. The van der Waals surface area contributed by atoms with Crippen LogP contribution in [0.2, 0.25) is 0 Å². The second kappa shape index (κ2) is 28.1. The maximum atomic E-state index is 12.5. The van der Waals surface area contributed by atoms with Crippen LogP contribution in [-0.4, -0.2) is 53.1 Å². The van der Waals surface area contributed by atoms with E-state index in [1.807, 2.05) is 0 Å². The van der Waals surface area contributed by atoms with Crippen LogP contribution in [0, 0.1) is 0 Å². The predicted molar refractivity (Wildman–Crippen MR) is 172 cm³/mol. The Kier molecular flexibility index (Phi) is 27.6. The van der Waals surface area contributed by atoms with Gasteiger partial charge < -0.3 is 15.5 Å². The Balaban J connectivity index is 4.02. The zero-order valence-electron chi connectivity index (χ0n) is 26.8. The van der Waals surface area contributed by atoms with Crippen molar-refractivity contribution >= 4 is 16.0 Å². The van der Waals surface area contributed by atoms with Gasteiger partial charge in [0.1, 0.15) is 6.10 Å². The number of aliphatic hydroxyl groups excluding tert-OH is 2. The molecule has 0 saturated carbocycles. The third-order valence-electron chi connectivity index (χ3n) is 8.17. The number of hydrogen-bond donors (Lipinski definition) is 4. The lowest BCUT2D eigenvalue weighted by atomic mass is 10.0. The number of unbranched alkanes of at least 4 members (excludes halogenated alkanes) is 22. The third-order valence-corrected chi connectivity index (χ3v) is 8.95. The van der Waals surface area contributed by atoms with Crippen LogP contribution in [0.25, 0.3) is 0 Å². The summed E-state index contributed by atoms with van der Waals surface area (Å²) in [5.41, 5.74) is 0. The van der Waals surface area contributed by atoms with Crippen molar-refractivity contribution in [2.45, 2.75) is 199 Å². The van der Waals surface area contributed by atoms with Gasteiger partial charge >= 0.3 is 0 Å². The molecule has 0 aromatic carbocycles. The highest BCUT2D eigenvalue weighted by molar-refractivity contribution is 7.85. The predicted octanol–water partition coefficient (Wildman–Crippen LogP) is 8.26. The average molecular weight is 606 g/mol. The minimum Gasteiger partial charge on any atom is -0.391 e. The van der Waals surface area contributed by atoms with E-state index in [1.165, 1.54) is 103 Å². The average Bonchev–Trinajstić information content (AvgIpc) is 2.92. The molecule has 3 unspecified atom stereocenters. The van der Waals surface area contributed by atoms with Gasteiger partial charge in [-0.15, -0.1) is 0 Å². The van der Waals surface area contributed by atoms with E-state index < -0.39 is 40.0 Å². The Hall–Kier alpha value is -0.700. The number of amides is 1. The Bertz CT molecular complexity index is 687. The third kappa shape index (κ3) is 27.9. The van der Waals surface area contributed by atoms with E-state index in [-0.39, 0.29) is 0 Å². The van der Waals surface area contributed by atoms with Gasteiger partial charge in [0, 0.05) is 0 Å². The smallest absolute Gasteiger partial charge is 0.266 e. The number of rotatable bonds is 31. The van der Waals surface area contributed by atoms with Crippen LogP contribution >= 0.6 is 0 Å². The summed E-state index contributed by atoms with van der Waals surface area (Å²) in [5.74, 6) is -1.45. The molecule has 0 rings (SSSR count). The molecular formula is C33H67NO6S. The zero-order valence-corrected chi connectivity index (χ0v) is 27.6. The number of carbonyl (C=O) groups is 1. The molecular weight excluding hydrogens is 538 g/mol. The number of aliphatic hydroxyl groups is 2. The van der Waals surface area contributed by atoms with Crippen molar-refractivity contribution in [2.24, 2.45) is 0 Å². The lowest BCUT2D eigenvalue weighted by molar-refractivity contribution is -0.131. The summed E-state index contributed by atoms with van der Waals surface area (Å²) in [6, 6.07) is -1.14. The maximum absolute atomic E-state index is 12.5. The Labute approximate surface area is 253 Å². The van der Waals surface area contributed by atoms with Crippen molar-refractivity contribution in [3.05, 3.63) is 0 Å². The summed E-state index contributed by atoms with van der Waals surface area (Å²) in [6.45, 7) is 4.44. The molecule has 0 aliphatic carbocycles. The highest BCUT2D eigenvalue weighted by Crippen LogP contribution is 2.16. The summed E-state index contributed by atoms with van der Waals surface area (Å²) in [5, 5.41) is 23.3. The van der Waals surface area contributed by atoms with E-state index in [0.29, 0.717) is 19.3 Å². The van der Waals surface area contributed by atoms with E-state index in [4.69, 9.17) is 0 Å². The van der Waals surface area contributed by atoms with Crippen molar-refractivity contribution in [3.8, 4) is 0 Å². The van der Waals surface area contributed by atoms with Crippen LogP contribution in [0.5, 0.6) is 0 Å². The molecule has 0 radical (unpaired) electrons. The van der Waals surface area contributed by atoms with Gasteiger partial charge in [0.2, 0.25) is 5.91 Å². The molecule has 8 heteroatoms. The minimum absolute atomic E-state index is 0.300. The fourth-order valence-corrected chi connectivity index (χ4v) is 6.22. The first-order valence-corrected chi connectivity index (χ1v) is 18.9. The largest absolute Gasteiger partial charge is 0.391 e. The molecule has 3 atom stereocenters. The van der Waals surface area contributed by atoms with Crippen LogP contribution in [-0.2, 0) is 14.9 Å². The van der Waals surface area contributed by atoms with Gasteiger partial charge in [-0.1, -0.05) is 168 Å². The van der Waals surface area contributed by atoms with Crippen molar-refractivity contribution in [2.75, 3.05) is 5.75 Å². The van der Waals surface area contributed by atoms with E-state index in [0.717, 1.165) is 44.9 Å². The van der Waals surface area contributed by atoms with Crippen LogP contribution in [0.15, 0.2) is 0 Å². The van der Waals surface area contributed by atoms with E-state index in [9.17, 15) is 28.0 Å². The molecule has 0 bridgehead atoms. The van der Waals surface area contributed by atoms with E-state index >= 15 is 0 Å². The molecule has 0 aromatic heterocycles. The molecule has 0 heterocycles. The van der Waals surface area contributed by atoms with E-state index in [2.05, 4.69) is 19.2 Å². The lowest BCUT2D eigenvalue weighted by Crippen LogP contribution is -2.50. The van der Waals surface area contributed by atoms with Crippen molar-refractivity contribution in [1.82, 2.24) is 5.32 Å². The van der Waals surface area contributed by atoms with Gasteiger partial charge in [-0.2, -0.15) is 8.42 Å². The van der Waals surface area contributed by atoms with Gasteiger partial charge in [-0.3, -0.25) is 9.35 Å². The number of nitrogens with one attached hydrogen (secondary N) is 1. The molecule has 246 valence electrons. The fraction of sp³-hybridized carbons (Fsp3) is 0.970. The topological polar surface area (TPSA) is 124 Å². The fourth-order valence-electron chi connectivity index (χ4n) is 5.46. The van der Waals surface area contributed by atoms with Crippen LogP contribution in [0.3, 0.4) is 0 Å². The SMILES string of the molecule is CCCCCCCCCCCCCCCCCCC(O)C(CS(=O)(=O)O)NC(=O)C(O)CCCCCCCCCC. The number of carbonyl (C=O) groups excluding carboxylic acids is 1. The van der Waals surface area contributed by atoms with Crippen molar-refractivity contribution in [3.63, 3.8) is 0 Å². The first kappa shape index (κ1) is 40.3. The molecule has 0 fully saturated rings. The van der Waals surface area contributed by atoms with Crippen LogP contribution < -0.4 is 5.32 Å². The molecule has 0 aromatic rings. The summed E-state index contributed by atoms with van der Waals surface area (Å²) >= 11 is 0. The summed E-state index contributed by atoms with van der Waals surface area (Å²) in [4.78, 5) is 12.5. The van der Waals surface area contributed by atoms with Gasteiger partial charge in [-0.25, -0.2) is 0 Å². The summed E-state index contributed by atoms with van der Waals surface area (Å²) in [7, 11) is -4.39. The van der Waals surface area contributed by atoms with Crippen LogP contribution in [0.4, 0.5) is 0 Å². The standard InChI is InChI=1S/C33H67NO6S/c1-3-5-7-9-11-13-14-15-16-17-18-19-20-22-23-25-27-31(35)30(29-41(38,39)40)34-33(37)32(36)28-26-24-21-12-10-8-6-4-2/h30-32,35-36H,3-29H2,1-2H3,(H,34,37)(H,38,39,40). The maximum Gasteiger partial charge on any atom is 0.266 e. The monoisotopic (exact) mass is 605 g/mol. The van der Waals surface area contributed by atoms with Crippen molar-refractivity contribution < 1.29 is 28.0 Å². The first-order chi connectivity index (χ1) is 19.7. The lowest BCUT2D eigenvalue weighted by Gasteiger charge is -2.24.